The van der Waals surface area contributed by atoms with E-state index in [1.807, 2.05) is 12.1 Å². The summed E-state index contributed by atoms with van der Waals surface area (Å²) < 4.78 is 6.00. The molecule has 0 unspecified atom stereocenters. The summed E-state index contributed by atoms with van der Waals surface area (Å²) in [6, 6.07) is 19.4. The van der Waals surface area contributed by atoms with E-state index in [-0.39, 0.29) is 12.5 Å². The third kappa shape index (κ3) is 4.18. The molecule has 2 amide bonds. The molecule has 0 aliphatic carbocycles. The van der Waals surface area contributed by atoms with Gasteiger partial charge in [0.2, 0.25) is 5.91 Å². The van der Waals surface area contributed by atoms with Gasteiger partial charge in [-0.15, -0.1) is 11.3 Å². The zero-order chi connectivity index (χ0) is 22.9. The van der Waals surface area contributed by atoms with Crippen LogP contribution in [0.25, 0.3) is 21.5 Å². The Balaban J connectivity index is 1.41. The van der Waals surface area contributed by atoms with Gasteiger partial charge in [-0.25, -0.2) is 9.78 Å². The molecule has 164 valence electrons. The van der Waals surface area contributed by atoms with E-state index in [1.54, 1.807) is 54.6 Å². The molecule has 2 aromatic heterocycles. The molecule has 0 atom stereocenters. The van der Waals surface area contributed by atoms with Crippen LogP contribution in [0.1, 0.15) is 10.4 Å². The Hall–Kier alpha value is -3.75. The van der Waals surface area contributed by atoms with Crippen molar-refractivity contribution < 1.29 is 19.1 Å². The van der Waals surface area contributed by atoms with E-state index in [0.717, 1.165) is 4.88 Å². The highest BCUT2D eigenvalue weighted by Gasteiger charge is 2.27. The van der Waals surface area contributed by atoms with Gasteiger partial charge in [-0.2, -0.15) is 0 Å². The standard InChI is InChI=1S/C24H16ClN3O4S/c25-21-10-9-20(33-21)18-11-15(14-5-1-2-6-16(14)26-18)24(31)32-13-23(30)28-12-22(29)27-17-7-3-4-8-19(17)28/h1-11H,12-13H2,(H,27,29). The number of para-hydroxylation sites is 3. The molecule has 5 rings (SSSR count). The fourth-order valence-corrected chi connectivity index (χ4v) is 4.66. The quantitative estimate of drug-likeness (QED) is 0.428. The van der Waals surface area contributed by atoms with Crippen molar-refractivity contribution in [2.45, 2.75) is 0 Å². The topological polar surface area (TPSA) is 88.6 Å². The predicted molar refractivity (Wildman–Crippen MR) is 128 cm³/mol. The minimum absolute atomic E-state index is 0.144. The van der Waals surface area contributed by atoms with Gasteiger partial charge in [-0.05, 0) is 36.4 Å². The number of nitrogens with zero attached hydrogens (tertiary/aromatic N) is 2. The monoisotopic (exact) mass is 477 g/mol. The number of carbonyl (C=O) groups excluding carboxylic acids is 3. The summed E-state index contributed by atoms with van der Waals surface area (Å²) in [7, 11) is 0. The van der Waals surface area contributed by atoms with Crippen LogP contribution in [-0.4, -0.2) is 35.9 Å². The number of amides is 2. The van der Waals surface area contributed by atoms with E-state index in [0.29, 0.717) is 37.9 Å². The van der Waals surface area contributed by atoms with Gasteiger partial charge in [0.05, 0.1) is 37.4 Å². The van der Waals surface area contributed by atoms with Gasteiger partial charge in [-0.1, -0.05) is 41.9 Å². The van der Waals surface area contributed by atoms with Gasteiger partial charge >= 0.3 is 5.97 Å². The van der Waals surface area contributed by atoms with Crippen molar-refractivity contribution in [3.63, 3.8) is 0 Å². The number of carbonyl (C=O) groups is 3. The van der Waals surface area contributed by atoms with Crippen LogP contribution >= 0.6 is 22.9 Å². The number of nitrogens with one attached hydrogen (secondary N) is 1. The van der Waals surface area contributed by atoms with Crippen molar-refractivity contribution in [1.82, 2.24) is 4.98 Å². The second kappa shape index (κ2) is 8.65. The summed E-state index contributed by atoms with van der Waals surface area (Å²) in [5, 5.41) is 3.34. The molecule has 0 saturated carbocycles. The number of benzene rings is 2. The van der Waals surface area contributed by atoms with Crippen molar-refractivity contribution >= 4 is 63.0 Å². The van der Waals surface area contributed by atoms with Gasteiger partial charge in [0.1, 0.15) is 6.54 Å². The molecular weight excluding hydrogens is 462 g/mol. The van der Waals surface area contributed by atoms with Crippen LogP contribution in [0.15, 0.2) is 66.7 Å². The van der Waals surface area contributed by atoms with E-state index >= 15 is 0 Å². The largest absolute Gasteiger partial charge is 0.452 e. The number of aromatic nitrogens is 1. The minimum atomic E-state index is -0.652. The number of anilines is 2. The average molecular weight is 478 g/mol. The summed E-state index contributed by atoms with van der Waals surface area (Å²) in [5.41, 5.74) is 2.60. The first-order chi connectivity index (χ1) is 16.0. The number of hydrogen-bond donors (Lipinski definition) is 1. The average Bonchev–Trinajstić information content (AvgIpc) is 3.27. The molecule has 9 heteroatoms. The Morgan fingerprint density at radius 2 is 1.88 bits per heavy atom. The second-order valence-corrected chi connectivity index (χ2v) is 9.01. The van der Waals surface area contributed by atoms with Crippen molar-refractivity contribution in [2.75, 3.05) is 23.4 Å². The number of fused-ring (bicyclic) bond motifs is 2. The lowest BCUT2D eigenvalue weighted by molar-refractivity contribution is -0.124. The van der Waals surface area contributed by atoms with Crippen molar-refractivity contribution in [3.05, 3.63) is 76.6 Å². The van der Waals surface area contributed by atoms with Gasteiger partial charge in [-0.3, -0.25) is 14.5 Å². The number of esters is 1. The lowest BCUT2D eigenvalue weighted by atomic mass is 10.1. The lowest BCUT2D eigenvalue weighted by Gasteiger charge is -2.28. The summed E-state index contributed by atoms with van der Waals surface area (Å²) in [6.07, 6.45) is 0. The summed E-state index contributed by atoms with van der Waals surface area (Å²) >= 11 is 7.42. The van der Waals surface area contributed by atoms with Gasteiger partial charge in [0.15, 0.2) is 6.61 Å². The third-order valence-corrected chi connectivity index (χ3v) is 6.41. The molecule has 0 saturated heterocycles. The van der Waals surface area contributed by atoms with Crippen LogP contribution in [0.2, 0.25) is 4.34 Å². The fraction of sp³-hybridized carbons (Fsp3) is 0.0833. The highest BCUT2D eigenvalue weighted by Crippen LogP contribution is 2.33. The Labute approximate surface area is 197 Å². The number of ether oxygens (including phenoxy) is 1. The zero-order valence-corrected chi connectivity index (χ0v) is 18.7. The Morgan fingerprint density at radius 1 is 1.09 bits per heavy atom. The van der Waals surface area contributed by atoms with E-state index < -0.39 is 18.5 Å². The van der Waals surface area contributed by atoms with Gasteiger partial charge in [0.25, 0.3) is 5.91 Å². The smallest absolute Gasteiger partial charge is 0.339 e. The number of pyridine rings is 1. The van der Waals surface area contributed by atoms with Crippen LogP contribution in [0.4, 0.5) is 11.4 Å². The minimum Gasteiger partial charge on any atom is -0.452 e. The number of rotatable bonds is 4. The van der Waals surface area contributed by atoms with Crippen molar-refractivity contribution in [1.29, 1.82) is 0 Å². The first-order valence-electron chi connectivity index (χ1n) is 10.0. The zero-order valence-electron chi connectivity index (χ0n) is 17.1. The molecule has 0 bridgehead atoms. The van der Waals surface area contributed by atoms with Crippen LogP contribution < -0.4 is 10.2 Å². The first-order valence-corrected chi connectivity index (χ1v) is 11.2. The molecule has 33 heavy (non-hydrogen) atoms. The molecular formula is C24H16ClN3O4S. The summed E-state index contributed by atoms with van der Waals surface area (Å²) in [4.78, 5) is 44.6. The molecule has 0 radical (unpaired) electrons. The maximum atomic E-state index is 13.0. The Morgan fingerprint density at radius 3 is 2.70 bits per heavy atom. The molecule has 0 fully saturated rings. The number of halogens is 1. The molecule has 2 aromatic carbocycles. The molecule has 3 heterocycles. The molecule has 0 spiro atoms. The molecule has 4 aromatic rings. The Kier molecular flexibility index (Phi) is 5.53. The number of thiophene rings is 1. The number of hydrogen-bond acceptors (Lipinski definition) is 6. The van der Waals surface area contributed by atoms with Crippen molar-refractivity contribution in [2.24, 2.45) is 0 Å². The molecule has 1 N–H and O–H groups in total. The van der Waals surface area contributed by atoms with E-state index in [2.05, 4.69) is 10.3 Å². The molecule has 7 nitrogen and oxygen atoms in total. The highest BCUT2D eigenvalue weighted by molar-refractivity contribution is 7.19. The van der Waals surface area contributed by atoms with Crippen molar-refractivity contribution in [3.8, 4) is 10.6 Å². The van der Waals surface area contributed by atoms with Crippen LogP contribution in [0.3, 0.4) is 0 Å². The maximum absolute atomic E-state index is 13.0. The molecule has 1 aliphatic rings. The summed E-state index contributed by atoms with van der Waals surface area (Å²) in [6.45, 7) is -0.647. The highest BCUT2D eigenvalue weighted by atomic mass is 35.5. The van der Waals surface area contributed by atoms with Crippen LogP contribution in [-0.2, 0) is 14.3 Å². The normalized spacial score (nSPS) is 12.9. The predicted octanol–water partition coefficient (Wildman–Crippen LogP) is 4.76. The van der Waals surface area contributed by atoms with Gasteiger partial charge in [0, 0.05) is 5.39 Å². The first kappa shape index (κ1) is 21.1. The molecule has 1 aliphatic heterocycles. The van der Waals surface area contributed by atoms with E-state index in [1.165, 1.54) is 16.2 Å². The van der Waals surface area contributed by atoms with E-state index in [9.17, 15) is 14.4 Å². The van der Waals surface area contributed by atoms with Crippen LogP contribution in [0.5, 0.6) is 0 Å². The van der Waals surface area contributed by atoms with E-state index in [4.69, 9.17) is 16.3 Å². The summed E-state index contributed by atoms with van der Waals surface area (Å²) in [5.74, 6) is -1.46. The van der Waals surface area contributed by atoms with Gasteiger partial charge < -0.3 is 10.1 Å². The Bertz CT molecular complexity index is 1420. The third-order valence-electron chi connectivity index (χ3n) is 5.16. The SMILES string of the molecule is O=C1CN(C(=O)COC(=O)c2cc(-c3ccc(Cl)s3)nc3ccccc23)c2ccccc2N1. The maximum Gasteiger partial charge on any atom is 0.339 e. The second-order valence-electron chi connectivity index (χ2n) is 7.30. The fourth-order valence-electron chi connectivity index (χ4n) is 3.66. The van der Waals surface area contributed by atoms with Crippen LogP contribution in [0, 0.1) is 0 Å². The lowest BCUT2D eigenvalue weighted by Crippen LogP contribution is -2.44.